The number of aromatic nitrogens is 2. The molecule has 1 aromatic carbocycles. The van der Waals surface area contributed by atoms with Gasteiger partial charge < -0.3 is 9.73 Å². The van der Waals surface area contributed by atoms with Crippen LogP contribution < -0.4 is 5.32 Å². The van der Waals surface area contributed by atoms with E-state index < -0.39 is 0 Å². The fourth-order valence-electron chi connectivity index (χ4n) is 1.69. The average molecular weight is 272 g/mol. The average Bonchev–Trinajstić information content (AvgIpc) is 2.96. The van der Waals surface area contributed by atoms with Crippen LogP contribution in [0.4, 0.5) is 11.5 Å². The van der Waals surface area contributed by atoms with Crippen LogP contribution in [0.5, 0.6) is 0 Å². The van der Waals surface area contributed by atoms with Crippen LogP contribution >= 0.6 is 11.6 Å². The molecule has 3 rings (SSSR count). The van der Waals surface area contributed by atoms with Crippen LogP contribution in [0.25, 0.3) is 11.3 Å². The summed E-state index contributed by atoms with van der Waals surface area (Å²) in [5, 5.41) is 11.2. The Hall–Kier alpha value is -2.33. The van der Waals surface area contributed by atoms with E-state index in [1.807, 2.05) is 36.4 Å². The molecule has 0 unspecified atom stereocenters. The van der Waals surface area contributed by atoms with Gasteiger partial charge in [-0.2, -0.15) is 0 Å². The first-order valence-corrected chi connectivity index (χ1v) is 6.09. The van der Waals surface area contributed by atoms with Crippen LogP contribution in [0.3, 0.4) is 0 Å². The molecule has 0 aliphatic carbocycles. The Morgan fingerprint density at radius 2 is 1.79 bits per heavy atom. The van der Waals surface area contributed by atoms with Crippen molar-refractivity contribution in [1.29, 1.82) is 0 Å². The van der Waals surface area contributed by atoms with E-state index >= 15 is 0 Å². The van der Waals surface area contributed by atoms with Gasteiger partial charge in [0.1, 0.15) is 5.76 Å². The zero-order valence-corrected chi connectivity index (χ0v) is 10.6. The first-order valence-electron chi connectivity index (χ1n) is 5.71. The largest absolute Gasteiger partial charge is 0.464 e. The summed E-state index contributed by atoms with van der Waals surface area (Å²) in [5.41, 5.74) is 1.95. The van der Waals surface area contributed by atoms with E-state index in [1.165, 1.54) is 0 Å². The van der Waals surface area contributed by atoms with Gasteiger partial charge in [-0.15, -0.1) is 10.2 Å². The standard InChI is InChI=1S/C14H10ClN3O/c15-13-7-8-14(18-17-13)16-11-5-3-10(4-6-11)12-2-1-9-19-12/h1-9H,(H,16,18). The summed E-state index contributed by atoms with van der Waals surface area (Å²) in [6, 6.07) is 15.1. The van der Waals surface area contributed by atoms with Gasteiger partial charge in [0.25, 0.3) is 0 Å². The van der Waals surface area contributed by atoms with E-state index in [0.29, 0.717) is 11.0 Å². The molecule has 19 heavy (non-hydrogen) atoms. The Bertz CT molecular complexity index is 648. The second-order valence-electron chi connectivity index (χ2n) is 3.92. The van der Waals surface area contributed by atoms with Crippen LogP contribution in [0.15, 0.2) is 59.2 Å². The molecule has 0 saturated heterocycles. The third-order valence-corrected chi connectivity index (χ3v) is 2.80. The smallest absolute Gasteiger partial charge is 0.153 e. The van der Waals surface area contributed by atoms with E-state index in [1.54, 1.807) is 18.4 Å². The first-order chi connectivity index (χ1) is 9.31. The van der Waals surface area contributed by atoms with Crippen molar-refractivity contribution in [3.05, 3.63) is 59.9 Å². The molecule has 1 N–H and O–H groups in total. The number of halogens is 1. The zero-order chi connectivity index (χ0) is 13.1. The molecule has 0 amide bonds. The Balaban J connectivity index is 1.77. The Morgan fingerprint density at radius 3 is 2.42 bits per heavy atom. The highest BCUT2D eigenvalue weighted by molar-refractivity contribution is 6.29. The third-order valence-electron chi connectivity index (χ3n) is 2.59. The SMILES string of the molecule is Clc1ccc(Nc2ccc(-c3ccco3)cc2)nn1. The minimum atomic E-state index is 0.374. The lowest BCUT2D eigenvalue weighted by Gasteiger charge is -2.05. The van der Waals surface area contributed by atoms with E-state index in [4.69, 9.17) is 16.0 Å². The summed E-state index contributed by atoms with van der Waals surface area (Å²) in [6.45, 7) is 0. The number of anilines is 2. The molecule has 2 aromatic heterocycles. The molecule has 5 heteroatoms. The number of hydrogen-bond acceptors (Lipinski definition) is 4. The maximum Gasteiger partial charge on any atom is 0.153 e. The fraction of sp³-hybridized carbons (Fsp3) is 0. The summed E-state index contributed by atoms with van der Waals surface area (Å²) >= 11 is 5.68. The molecule has 0 bridgehead atoms. The highest BCUT2D eigenvalue weighted by Crippen LogP contribution is 2.23. The molecule has 94 valence electrons. The Labute approximate surface area is 115 Å². The van der Waals surface area contributed by atoms with Gasteiger partial charge in [0.15, 0.2) is 11.0 Å². The molecule has 0 fully saturated rings. The van der Waals surface area contributed by atoms with Gasteiger partial charge in [0, 0.05) is 11.3 Å². The normalized spacial score (nSPS) is 10.4. The summed E-state index contributed by atoms with van der Waals surface area (Å²) in [6.07, 6.45) is 1.66. The number of nitrogens with zero attached hydrogens (tertiary/aromatic N) is 2. The first kappa shape index (κ1) is 11.7. The third kappa shape index (κ3) is 2.74. The second kappa shape index (κ2) is 5.12. The van der Waals surface area contributed by atoms with Gasteiger partial charge in [0.2, 0.25) is 0 Å². The predicted octanol–water partition coefficient (Wildman–Crippen LogP) is 4.13. The van der Waals surface area contributed by atoms with E-state index in [0.717, 1.165) is 17.0 Å². The molecular formula is C14H10ClN3O. The van der Waals surface area contributed by atoms with Crippen LogP contribution in [-0.2, 0) is 0 Å². The Kier molecular flexibility index (Phi) is 3.16. The molecule has 0 aliphatic heterocycles. The van der Waals surface area contributed by atoms with Gasteiger partial charge >= 0.3 is 0 Å². The van der Waals surface area contributed by atoms with Crippen LogP contribution in [-0.4, -0.2) is 10.2 Å². The van der Waals surface area contributed by atoms with Crippen LogP contribution in [0, 0.1) is 0 Å². The molecule has 0 atom stereocenters. The van der Waals surface area contributed by atoms with E-state index in [2.05, 4.69) is 15.5 Å². The predicted molar refractivity (Wildman–Crippen MR) is 74.5 cm³/mol. The van der Waals surface area contributed by atoms with Crippen molar-refractivity contribution >= 4 is 23.1 Å². The highest BCUT2D eigenvalue weighted by atomic mass is 35.5. The van der Waals surface area contributed by atoms with Crippen molar-refractivity contribution in [2.24, 2.45) is 0 Å². The van der Waals surface area contributed by atoms with Gasteiger partial charge in [-0.25, -0.2) is 0 Å². The highest BCUT2D eigenvalue weighted by Gasteiger charge is 2.01. The van der Waals surface area contributed by atoms with Gasteiger partial charge in [-0.05, 0) is 48.5 Å². The lowest BCUT2D eigenvalue weighted by molar-refractivity contribution is 0.582. The van der Waals surface area contributed by atoms with Crippen molar-refractivity contribution in [2.45, 2.75) is 0 Å². The van der Waals surface area contributed by atoms with Crippen molar-refractivity contribution in [3.8, 4) is 11.3 Å². The second-order valence-corrected chi connectivity index (χ2v) is 4.31. The van der Waals surface area contributed by atoms with E-state index in [9.17, 15) is 0 Å². The number of benzene rings is 1. The minimum absolute atomic E-state index is 0.374. The monoisotopic (exact) mass is 271 g/mol. The summed E-state index contributed by atoms with van der Waals surface area (Å²) < 4.78 is 5.33. The summed E-state index contributed by atoms with van der Waals surface area (Å²) in [5.74, 6) is 1.49. The van der Waals surface area contributed by atoms with Crippen LogP contribution in [0.1, 0.15) is 0 Å². The van der Waals surface area contributed by atoms with Gasteiger partial charge in [-0.1, -0.05) is 11.6 Å². The number of furan rings is 1. The lowest BCUT2D eigenvalue weighted by Crippen LogP contribution is -1.94. The molecule has 3 aromatic rings. The molecule has 0 spiro atoms. The van der Waals surface area contributed by atoms with Gasteiger partial charge in [0.05, 0.1) is 6.26 Å². The van der Waals surface area contributed by atoms with Crippen molar-refractivity contribution in [3.63, 3.8) is 0 Å². The maximum absolute atomic E-state index is 5.68. The fourth-order valence-corrected chi connectivity index (χ4v) is 1.79. The Morgan fingerprint density at radius 1 is 0.947 bits per heavy atom. The van der Waals surface area contributed by atoms with Crippen LogP contribution in [0.2, 0.25) is 5.15 Å². The summed E-state index contributed by atoms with van der Waals surface area (Å²) in [4.78, 5) is 0. The topological polar surface area (TPSA) is 51.0 Å². The molecular weight excluding hydrogens is 262 g/mol. The molecule has 0 aliphatic rings. The summed E-state index contributed by atoms with van der Waals surface area (Å²) in [7, 11) is 0. The minimum Gasteiger partial charge on any atom is -0.464 e. The molecule has 2 heterocycles. The zero-order valence-electron chi connectivity index (χ0n) is 9.88. The maximum atomic E-state index is 5.68. The van der Waals surface area contributed by atoms with Crippen molar-refractivity contribution < 1.29 is 4.42 Å². The van der Waals surface area contributed by atoms with Gasteiger partial charge in [-0.3, -0.25) is 0 Å². The number of nitrogens with one attached hydrogen (secondary N) is 1. The molecule has 4 nitrogen and oxygen atoms in total. The lowest BCUT2D eigenvalue weighted by atomic mass is 10.1. The van der Waals surface area contributed by atoms with Crippen molar-refractivity contribution in [2.75, 3.05) is 5.32 Å². The molecule has 0 saturated carbocycles. The molecule has 0 radical (unpaired) electrons. The number of rotatable bonds is 3. The van der Waals surface area contributed by atoms with E-state index in [-0.39, 0.29) is 0 Å². The number of hydrogen-bond donors (Lipinski definition) is 1. The van der Waals surface area contributed by atoms with Crippen molar-refractivity contribution in [1.82, 2.24) is 10.2 Å². The quantitative estimate of drug-likeness (QED) is 0.778.